The Morgan fingerprint density at radius 2 is 1.67 bits per heavy atom. The zero-order chi connectivity index (χ0) is 24.8. The molecule has 2 atom stereocenters. The third-order valence-corrected chi connectivity index (χ3v) is 6.84. The first-order chi connectivity index (χ1) is 15.4. The number of halogens is 2. The number of hydrogen-bond donors (Lipinski definition) is 1. The third-order valence-electron chi connectivity index (χ3n) is 5.21. The molecule has 0 unspecified atom stereocenters. The van der Waals surface area contributed by atoms with Crippen LogP contribution in [-0.2, 0) is 26.2 Å². The van der Waals surface area contributed by atoms with Crippen LogP contribution in [0, 0.1) is 0 Å². The predicted molar refractivity (Wildman–Crippen MR) is 133 cm³/mol. The van der Waals surface area contributed by atoms with Gasteiger partial charge >= 0.3 is 0 Å². The lowest BCUT2D eigenvalue weighted by Crippen LogP contribution is -2.52. The van der Waals surface area contributed by atoms with Gasteiger partial charge in [-0.05, 0) is 56.2 Å². The highest BCUT2D eigenvalue weighted by atomic mass is 35.5. The van der Waals surface area contributed by atoms with Crippen molar-refractivity contribution >= 4 is 50.7 Å². The van der Waals surface area contributed by atoms with E-state index < -0.39 is 28.5 Å². The summed E-state index contributed by atoms with van der Waals surface area (Å²) in [4.78, 5) is 27.6. The van der Waals surface area contributed by atoms with Crippen molar-refractivity contribution in [2.75, 3.05) is 17.1 Å². The minimum absolute atomic E-state index is 0.0635. The van der Waals surface area contributed by atoms with Crippen LogP contribution < -0.4 is 9.62 Å². The molecule has 0 aliphatic carbocycles. The van der Waals surface area contributed by atoms with Gasteiger partial charge in [-0.25, -0.2) is 8.42 Å². The summed E-state index contributed by atoms with van der Waals surface area (Å²) in [6, 6.07) is 12.3. The molecule has 33 heavy (non-hydrogen) atoms. The van der Waals surface area contributed by atoms with Crippen LogP contribution in [-0.4, -0.2) is 50.0 Å². The summed E-state index contributed by atoms with van der Waals surface area (Å²) in [5.41, 5.74) is 1.02. The third kappa shape index (κ3) is 7.91. The molecular weight excluding hydrogens is 485 g/mol. The normalized spacial score (nSPS) is 13.2. The lowest BCUT2D eigenvalue weighted by atomic mass is 10.1. The Bertz CT molecular complexity index is 1080. The molecule has 2 aromatic rings. The molecule has 2 rings (SSSR count). The predicted octanol–water partition coefficient (Wildman–Crippen LogP) is 4.09. The van der Waals surface area contributed by atoms with E-state index in [0.717, 1.165) is 22.5 Å². The van der Waals surface area contributed by atoms with Gasteiger partial charge in [-0.3, -0.25) is 13.9 Å². The number of rotatable bonds is 10. The second-order valence-corrected chi connectivity index (χ2v) is 10.7. The number of amides is 2. The molecule has 0 aliphatic rings. The fraction of sp³-hybridized carbons (Fsp3) is 0.391. The van der Waals surface area contributed by atoms with Crippen molar-refractivity contribution in [3.63, 3.8) is 0 Å². The lowest BCUT2D eigenvalue weighted by Gasteiger charge is -2.32. The van der Waals surface area contributed by atoms with Crippen molar-refractivity contribution in [3.05, 3.63) is 64.1 Å². The molecule has 0 bridgehead atoms. The molecule has 0 radical (unpaired) electrons. The molecule has 0 saturated carbocycles. The van der Waals surface area contributed by atoms with E-state index in [1.165, 1.54) is 11.0 Å². The maximum Gasteiger partial charge on any atom is 0.244 e. The average Bonchev–Trinajstić information content (AvgIpc) is 2.75. The standard InChI is InChI=1S/C23H29Cl2N3O4S/c1-5-16(2)26-23(30)17(3)27(14-18-9-11-19(24)12-10-18)22(29)15-28(33(4,31)32)21-8-6-7-20(25)13-21/h6-13,16-17H,5,14-15H2,1-4H3,(H,26,30)/t16-,17+/m0/s1. The Morgan fingerprint density at radius 3 is 2.21 bits per heavy atom. The van der Waals surface area contributed by atoms with Crippen molar-refractivity contribution < 1.29 is 18.0 Å². The fourth-order valence-corrected chi connectivity index (χ4v) is 4.23. The zero-order valence-electron chi connectivity index (χ0n) is 19.1. The molecule has 0 aromatic heterocycles. The first-order valence-electron chi connectivity index (χ1n) is 10.5. The van der Waals surface area contributed by atoms with Gasteiger partial charge in [0.05, 0.1) is 11.9 Å². The van der Waals surface area contributed by atoms with E-state index in [9.17, 15) is 18.0 Å². The summed E-state index contributed by atoms with van der Waals surface area (Å²) in [7, 11) is -3.80. The number of hydrogen-bond acceptors (Lipinski definition) is 4. The van der Waals surface area contributed by atoms with Crippen LogP contribution in [0.5, 0.6) is 0 Å². The smallest absolute Gasteiger partial charge is 0.244 e. The second-order valence-electron chi connectivity index (χ2n) is 7.89. The lowest BCUT2D eigenvalue weighted by molar-refractivity contribution is -0.139. The van der Waals surface area contributed by atoms with E-state index in [0.29, 0.717) is 10.0 Å². The maximum atomic E-state index is 13.4. The number of anilines is 1. The molecular formula is C23H29Cl2N3O4S. The van der Waals surface area contributed by atoms with E-state index in [4.69, 9.17) is 23.2 Å². The van der Waals surface area contributed by atoms with Gasteiger partial charge in [0.15, 0.2) is 0 Å². The number of sulfonamides is 1. The van der Waals surface area contributed by atoms with Gasteiger partial charge in [-0.1, -0.05) is 48.3 Å². The summed E-state index contributed by atoms with van der Waals surface area (Å²) in [5, 5.41) is 3.76. The first kappa shape index (κ1) is 27.0. The number of carbonyl (C=O) groups excluding carboxylic acids is 2. The number of carbonyl (C=O) groups is 2. The molecule has 0 aliphatic heterocycles. The topological polar surface area (TPSA) is 86.8 Å². The Hall–Kier alpha value is -2.29. The quantitative estimate of drug-likeness (QED) is 0.518. The fourth-order valence-electron chi connectivity index (χ4n) is 3.08. The minimum Gasteiger partial charge on any atom is -0.352 e. The Morgan fingerprint density at radius 1 is 1.03 bits per heavy atom. The van der Waals surface area contributed by atoms with Gasteiger partial charge in [-0.15, -0.1) is 0 Å². The van der Waals surface area contributed by atoms with Crippen molar-refractivity contribution in [2.24, 2.45) is 0 Å². The van der Waals surface area contributed by atoms with E-state index in [1.54, 1.807) is 49.4 Å². The Labute approximate surface area is 205 Å². The number of benzene rings is 2. The van der Waals surface area contributed by atoms with Crippen LogP contribution >= 0.6 is 23.2 Å². The monoisotopic (exact) mass is 513 g/mol. The van der Waals surface area contributed by atoms with Crippen LogP contribution in [0.15, 0.2) is 48.5 Å². The summed E-state index contributed by atoms with van der Waals surface area (Å²) >= 11 is 12.0. The van der Waals surface area contributed by atoms with E-state index >= 15 is 0 Å². The van der Waals surface area contributed by atoms with Gasteiger partial charge in [0.2, 0.25) is 21.8 Å². The van der Waals surface area contributed by atoms with E-state index in [2.05, 4.69) is 5.32 Å². The molecule has 2 amide bonds. The van der Waals surface area contributed by atoms with Crippen molar-refractivity contribution in [2.45, 2.75) is 45.8 Å². The van der Waals surface area contributed by atoms with Gasteiger partial charge in [0, 0.05) is 22.6 Å². The van der Waals surface area contributed by atoms with Gasteiger partial charge in [0.1, 0.15) is 12.6 Å². The van der Waals surface area contributed by atoms with Crippen molar-refractivity contribution in [3.8, 4) is 0 Å². The van der Waals surface area contributed by atoms with Gasteiger partial charge < -0.3 is 10.2 Å². The van der Waals surface area contributed by atoms with E-state index in [-0.39, 0.29) is 24.2 Å². The zero-order valence-corrected chi connectivity index (χ0v) is 21.4. The highest BCUT2D eigenvalue weighted by Gasteiger charge is 2.30. The second kappa shape index (κ2) is 11.7. The first-order valence-corrected chi connectivity index (χ1v) is 13.1. The molecule has 7 nitrogen and oxygen atoms in total. The van der Waals surface area contributed by atoms with Crippen LogP contribution in [0.2, 0.25) is 10.0 Å². The summed E-state index contributed by atoms with van der Waals surface area (Å²) in [6.07, 6.45) is 1.75. The van der Waals surface area contributed by atoms with Gasteiger partial charge in [-0.2, -0.15) is 0 Å². The molecule has 10 heteroatoms. The molecule has 0 saturated heterocycles. The van der Waals surface area contributed by atoms with Crippen molar-refractivity contribution in [1.29, 1.82) is 0 Å². The van der Waals surface area contributed by atoms with Crippen LogP contribution in [0.4, 0.5) is 5.69 Å². The highest BCUT2D eigenvalue weighted by Crippen LogP contribution is 2.23. The number of nitrogens with zero attached hydrogens (tertiary/aromatic N) is 2. The summed E-state index contributed by atoms with van der Waals surface area (Å²) < 4.78 is 26.0. The maximum absolute atomic E-state index is 13.4. The van der Waals surface area contributed by atoms with Crippen molar-refractivity contribution in [1.82, 2.24) is 10.2 Å². The molecule has 0 heterocycles. The van der Waals surface area contributed by atoms with Crippen LogP contribution in [0.3, 0.4) is 0 Å². The molecule has 1 N–H and O–H groups in total. The highest BCUT2D eigenvalue weighted by molar-refractivity contribution is 7.92. The van der Waals surface area contributed by atoms with Gasteiger partial charge in [0.25, 0.3) is 0 Å². The summed E-state index contributed by atoms with van der Waals surface area (Å²) in [6.45, 7) is 5.07. The molecule has 0 fully saturated rings. The molecule has 180 valence electrons. The molecule has 0 spiro atoms. The van der Waals surface area contributed by atoms with Crippen LogP contribution in [0.1, 0.15) is 32.8 Å². The Kier molecular flexibility index (Phi) is 9.57. The summed E-state index contributed by atoms with van der Waals surface area (Å²) in [5.74, 6) is -0.845. The largest absolute Gasteiger partial charge is 0.352 e. The number of nitrogens with one attached hydrogen (secondary N) is 1. The Balaban J connectivity index is 2.37. The van der Waals surface area contributed by atoms with Crippen LogP contribution in [0.25, 0.3) is 0 Å². The average molecular weight is 514 g/mol. The molecule has 2 aromatic carbocycles. The SMILES string of the molecule is CC[C@H](C)NC(=O)[C@@H](C)N(Cc1ccc(Cl)cc1)C(=O)CN(c1cccc(Cl)c1)S(C)(=O)=O. The minimum atomic E-state index is -3.80. The van der Waals surface area contributed by atoms with E-state index in [1.807, 2.05) is 13.8 Å².